The molecule has 0 bridgehead atoms. The predicted octanol–water partition coefficient (Wildman–Crippen LogP) is 0.225. The molecule has 1 atom stereocenters. The summed E-state index contributed by atoms with van der Waals surface area (Å²) in [6, 6.07) is 9.67. The zero-order valence-corrected chi connectivity index (χ0v) is 12.1. The smallest absolute Gasteiger partial charge is 0.251 e. The molecular weight excluding hydrogens is 252 g/mol. The van der Waals surface area contributed by atoms with Gasteiger partial charge in [-0.25, -0.2) is 5.01 Å². The van der Waals surface area contributed by atoms with Crippen LogP contribution in [0.5, 0.6) is 0 Å². The Kier molecular flexibility index (Phi) is 5.52. The van der Waals surface area contributed by atoms with Crippen molar-refractivity contribution in [3.8, 4) is 0 Å². The van der Waals surface area contributed by atoms with Crippen LogP contribution in [0.4, 0.5) is 0 Å². The van der Waals surface area contributed by atoms with E-state index in [1.165, 1.54) is 5.56 Å². The molecular formula is C15H24N4O. The van der Waals surface area contributed by atoms with Crippen molar-refractivity contribution in [3.05, 3.63) is 35.9 Å². The van der Waals surface area contributed by atoms with Crippen molar-refractivity contribution in [2.45, 2.75) is 18.9 Å². The fraction of sp³-hybridized carbons (Fsp3) is 0.533. The third kappa shape index (κ3) is 4.59. The van der Waals surface area contributed by atoms with E-state index in [9.17, 15) is 4.79 Å². The molecule has 1 saturated heterocycles. The number of rotatable bonds is 5. The summed E-state index contributed by atoms with van der Waals surface area (Å²) < 4.78 is 0. The molecule has 1 aromatic rings. The van der Waals surface area contributed by atoms with Gasteiger partial charge in [0.25, 0.3) is 5.91 Å². The first-order chi connectivity index (χ1) is 9.65. The van der Waals surface area contributed by atoms with Crippen molar-refractivity contribution in [2.24, 2.45) is 5.73 Å². The van der Waals surface area contributed by atoms with Crippen molar-refractivity contribution < 1.29 is 4.79 Å². The Labute approximate surface area is 120 Å². The second kappa shape index (κ2) is 7.38. The molecule has 1 fully saturated rings. The van der Waals surface area contributed by atoms with E-state index in [2.05, 4.69) is 29.5 Å². The highest BCUT2D eigenvalue weighted by Gasteiger charge is 2.19. The van der Waals surface area contributed by atoms with Gasteiger partial charge in [-0.2, -0.15) is 0 Å². The Morgan fingerprint density at radius 3 is 2.55 bits per heavy atom. The van der Waals surface area contributed by atoms with Gasteiger partial charge in [-0.3, -0.25) is 10.2 Å². The van der Waals surface area contributed by atoms with Crippen LogP contribution in [0.2, 0.25) is 0 Å². The van der Waals surface area contributed by atoms with Crippen molar-refractivity contribution in [1.82, 2.24) is 15.3 Å². The lowest BCUT2D eigenvalue weighted by atomic mass is 10.1. The van der Waals surface area contributed by atoms with E-state index in [-0.39, 0.29) is 5.91 Å². The van der Waals surface area contributed by atoms with E-state index in [0.29, 0.717) is 6.42 Å². The molecule has 110 valence electrons. The Bertz CT molecular complexity index is 415. The molecule has 1 aliphatic heterocycles. The van der Waals surface area contributed by atoms with Crippen LogP contribution in [0.1, 0.15) is 12.0 Å². The number of likely N-dealkylation sites (N-methyl/N-ethyl adjacent to an activating group) is 1. The average Bonchev–Trinajstić information content (AvgIpc) is 2.48. The van der Waals surface area contributed by atoms with E-state index in [4.69, 9.17) is 5.73 Å². The number of nitrogens with two attached hydrogens (primary N) is 1. The summed E-state index contributed by atoms with van der Waals surface area (Å²) in [6.07, 6.45) is 1.50. The van der Waals surface area contributed by atoms with E-state index < -0.39 is 6.04 Å². The third-order valence-electron chi connectivity index (χ3n) is 3.70. The fourth-order valence-electron chi connectivity index (χ4n) is 2.25. The number of hydrogen-bond donors (Lipinski definition) is 2. The minimum atomic E-state index is -0.449. The Morgan fingerprint density at radius 1 is 1.25 bits per heavy atom. The first-order valence-corrected chi connectivity index (χ1v) is 7.18. The van der Waals surface area contributed by atoms with Crippen LogP contribution in [0.25, 0.3) is 0 Å². The van der Waals surface area contributed by atoms with Gasteiger partial charge in [0.1, 0.15) is 0 Å². The zero-order chi connectivity index (χ0) is 14.4. The van der Waals surface area contributed by atoms with Crippen LogP contribution in [0.15, 0.2) is 30.3 Å². The van der Waals surface area contributed by atoms with E-state index in [1.54, 1.807) is 0 Å². The maximum absolute atomic E-state index is 12.0. The molecule has 0 radical (unpaired) electrons. The normalized spacial score (nSPS) is 18.7. The summed E-state index contributed by atoms with van der Waals surface area (Å²) in [5.74, 6) is -0.0783. The maximum atomic E-state index is 12.0. The summed E-state index contributed by atoms with van der Waals surface area (Å²) in [4.78, 5) is 14.3. The highest BCUT2D eigenvalue weighted by molar-refractivity contribution is 5.80. The van der Waals surface area contributed by atoms with Crippen LogP contribution in [-0.4, -0.2) is 55.1 Å². The van der Waals surface area contributed by atoms with Gasteiger partial charge in [0.05, 0.1) is 6.04 Å². The Hall–Kier alpha value is -1.43. The van der Waals surface area contributed by atoms with Gasteiger partial charge in [-0.05, 0) is 25.5 Å². The summed E-state index contributed by atoms with van der Waals surface area (Å²) in [5, 5.41) is 1.96. The summed E-state index contributed by atoms with van der Waals surface area (Å²) in [5.41, 5.74) is 10.1. The molecule has 0 spiro atoms. The first-order valence-electron chi connectivity index (χ1n) is 7.18. The lowest BCUT2D eigenvalue weighted by Gasteiger charge is -2.33. The molecule has 1 aromatic carbocycles. The fourth-order valence-corrected chi connectivity index (χ4v) is 2.25. The summed E-state index contributed by atoms with van der Waals surface area (Å²) in [7, 11) is 2.09. The number of piperazine rings is 1. The third-order valence-corrected chi connectivity index (χ3v) is 3.70. The maximum Gasteiger partial charge on any atom is 0.251 e. The number of hydrazine groups is 1. The minimum Gasteiger partial charge on any atom is -0.320 e. The van der Waals surface area contributed by atoms with Crippen LogP contribution in [-0.2, 0) is 11.2 Å². The van der Waals surface area contributed by atoms with Crippen molar-refractivity contribution in [1.29, 1.82) is 0 Å². The lowest BCUT2D eigenvalue weighted by Crippen LogP contribution is -2.55. The number of amides is 1. The molecule has 1 unspecified atom stereocenters. The lowest BCUT2D eigenvalue weighted by molar-refractivity contribution is -0.128. The molecule has 0 aliphatic carbocycles. The summed E-state index contributed by atoms with van der Waals surface area (Å²) >= 11 is 0. The Morgan fingerprint density at radius 2 is 1.90 bits per heavy atom. The topological polar surface area (TPSA) is 61.6 Å². The number of hydrogen-bond acceptors (Lipinski definition) is 4. The quantitative estimate of drug-likeness (QED) is 0.808. The average molecular weight is 276 g/mol. The molecule has 5 nitrogen and oxygen atoms in total. The molecule has 1 heterocycles. The summed E-state index contributed by atoms with van der Waals surface area (Å²) in [6.45, 7) is 3.65. The van der Waals surface area contributed by atoms with E-state index in [1.807, 2.05) is 23.2 Å². The van der Waals surface area contributed by atoms with Crippen molar-refractivity contribution in [3.63, 3.8) is 0 Å². The van der Waals surface area contributed by atoms with E-state index in [0.717, 1.165) is 32.6 Å². The number of nitrogens with zero attached hydrogens (tertiary/aromatic N) is 2. The number of carbonyl (C=O) groups excluding carboxylic acids is 1. The minimum absolute atomic E-state index is 0.0783. The van der Waals surface area contributed by atoms with Crippen LogP contribution >= 0.6 is 0 Å². The predicted molar refractivity (Wildman–Crippen MR) is 80.0 cm³/mol. The molecule has 0 saturated carbocycles. The number of carbonyl (C=O) groups is 1. The molecule has 5 heteroatoms. The first kappa shape index (κ1) is 15.0. The molecule has 1 amide bonds. The molecule has 2 rings (SSSR count). The van der Waals surface area contributed by atoms with Gasteiger partial charge in [-0.1, -0.05) is 30.3 Å². The van der Waals surface area contributed by atoms with Crippen LogP contribution in [0, 0.1) is 0 Å². The van der Waals surface area contributed by atoms with Gasteiger partial charge >= 0.3 is 0 Å². The highest BCUT2D eigenvalue weighted by Crippen LogP contribution is 2.04. The van der Waals surface area contributed by atoms with Crippen LogP contribution < -0.4 is 11.2 Å². The highest BCUT2D eigenvalue weighted by atomic mass is 16.2. The SMILES string of the molecule is CN1CCN(NC(=O)C(N)CCc2ccccc2)CC1. The Balaban J connectivity index is 1.72. The van der Waals surface area contributed by atoms with Gasteiger partial charge in [0, 0.05) is 26.2 Å². The van der Waals surface area contributed by atoms with Gasteiger partial charge in [-0.15, -0.1) is 0 Å². The van der Waals surface area contributed by atoms with Gasteiger partial charge in [0.2, 0.25) is 0 Å². The second-order valence-electron chi connectivity index (χ2n) is 5.40. The molecule has 20 heavy (non-hydrogen) atoms. The largest absolute Gasteiger partial charge is 0.320 e. The zero-order valence-electron chi connectivity index (χ0n) is 12.1. The molecule has 1 aliphatic rings. The van der Waals surface area contributed by atoms with Gasteiger partial charge < -0.3 is 10.6 Å². The number of nitrogens with one attached hydrogen (secondary N) is 1. The molecule has 0 aromatic heterocycles. The van der Waals surface area contributed by atoms with Crippen molar-refractivity contribution in [2.75, 3.05) is 33.2 Å². The number of benzene rings is 1. The molecule has 3 N–H and O–H groups in total. The van der Waals surface area contributed by atoms with Gasteiger partial charge in [0.15, 0.2) is 0 Å². The second-order valence-corrected chi connectivity index (χ2v) is 5.40. The number of aryl methyl sites for hydroxylation is 1. The monoisotopic (exact) mass is 276 g/mol. The van der Waals surface area contributed by atoms with E-state index >= 15 is 0 Å². The van der Waals surface area contributed by atoms with Crippen LogP contribution in [0.3, 0.4) is 0 Å². The standard InChI is InChI=1S/C15H24N4O/c1-18-9-11-19(12-10-18)17-15(20)14(16)8-7-13-5-3-2-4-6-13/h2-6,14H,7-12,16H2,1H3,(H,17,20). The van der Waals surface area contributed by atoms with Crippen molar-refractivity contribution >= 4 is 5.91 Å².